The van der Waals surface area contributed by atoms with E-state index >= 15 is 0 Å². The molecule has 0 bridgehead atoms. The topological polar surface area (TPSA) is 12.0 Å². The molecule has 104 valence electrons. The molecule has 0 aromatic heterocycles. The van der Waals surface area contributed by atoms with Gasteiger partial charge in [0, 0.05) is 25.8 Å². The third-order valence-electron chi connectivity index (χ3n) is 3.27. The third-order valence-corrected chi connectivity index (χ3v) is 5.84. The molecule has 1 N–H and O–H groups in total. The first-order chi connectivity index (χ1) is 9.63. The van der Waals surface area contributed by atoms with Crippen LogP contribution in [0.5, 0.6) is 0 Å². The molecular weight excluding hydrogens is 377 g/mol. The summed E-state index contributed by atoms with van der Waals surface area (Å²) in [6.45, 7) is 0. The molecule has 0 amide bonds. The van der Waals surface area contributed by atoms with Crippen molar-refractivity contribution in [3.8, 4) is 0 Å². The molecule has 0 aliphatic carbocycles. The summed E-state index contributed by atoms with van der Waals surface area (Å²) in [5, 5.41) is 5.08. The van der Waals surface area contributed by atoms with Crippen LogP contribution in [0.2, 0.25) is 10.0 Å². The molecule has 0 spiro atoms. The number of anilines is 1. The van der Waals surface area contributed by atoms with Gasteiger partial charge in [0.1, 0.15) is 0 Å². The van der Waals surface area contributed by atoms with E-state index in [1.54, 1.807) is 0 Å². The van der Waals surface area contributed by atoms with Crippen LogP contribution in [0.1, 0.15) is 18.0 Å². The van der Waals surface area contributed by atoms with Gasteiger partial charge in [-0.3, -0.25) is 0 Å². The summed E-state index contributed by atoms with van der Waals surface area (Å²) < 4.78 is 0.903. The predicted molar refractivity (Wildman–Crippen MR) is 92.3 cm³/mol. The van der Waals surface area contributed by atoms with Gasteiger partial charge in [-0.25, -0.2) is 0 Å². The average molecular weight is 389 g/mol. The van der Waals surface area contributed by atoms with Gasteiger partial charge < -0.3 is 5.32 Å². The van der Waals surface area contributed by atoms with Crippen LogP contribution in [-0.4, -0.2) is 5.75 Å². The van der Waals surface area contributed by atoms with E-state index in [0.29, 0.717) is 0 Å². The van der Waals surface area contributed by atoms with Crippen LogP contribution in [0.4, 0.5) is 5.69 Å². The minimum absolute atomic E-state index is 0.290. The van der Waals surface area contributed by atoms with E-state index < -0.39 is 0 Å². The van der Waals surface area contributed by atoms with E-state index in [4.69, 9.17) is 23.2 Å². The molecule has 2 aromatic carbocycles. The Morgan fingerprint density at radius 2 is 2.00 bits per heavy atom. The number of hydrogen-bond donors (Lipinski definition) is 1. The SMILES string of the molecule is Clc1ccc2c(c1)C(Nc1ccc(Cl)c(Br)c1)CCS2. The fraction of sp³-hybridized carbons (Fsp3) is 0.200. The van der Waals surface area contributed by atoms with Crippen molar-refractivity contribution < 1.29 is 0 Å². The summed E-state index contributed by atoms with van der Waals surface area (Å²) in [5.74, 6) is 1.11. The van der Waals surface area contributed by atoms with Crippen molar-refractivity contribution in [3.63, 3.8) is 0 Å². The van der Waals surface area contributed by atoms with Crippen molar-refractivity contribution in [2.75, 3.05) is 11.1 Å². The Hall–Kier alpha value is -0.350. The average Bonchev–Trinajstić information content (AvgIpc) is 2.44. The van der Waals surface area contributed by atoms with Crippen LogP contribution < -0.4 is 5.32 Å². The monoisotopic (exact) mass is 387 g/mol. The van der Waals surface area contributed by atoms with Crippen molar-refractivity contribution in [2.45, 2.75) is 17.4 Å². The van der Waals surface area contributed by atoms with Gasteiger partial charge in [-0.2, -0.15) is 0 Å². The second kappa shape index (κ2) is 6.18. The molecule has 0 radical (unpaired) electrons. The van der Waals surface area contributed by atoms with Crippen LogP contribution in [0.15, 0.2) is 45.8 Å². The van der Waals surface area contributed by atoms with E-state index in [0.717, 1.165) is 32.4 Å². The molecule has 20 heavy (non-hydrogen) atoms. The number of benzene rings is 2. The molecule has 1 unspecified atom stereocenters. The van der Waals surface area contributed by atoms with Gasteiger partial charge in [-0.1, -0.05) is 23.2 Å². The standard InChI is InChI=1S/C15H12BrCl2NS/c16-12-8-10(2-3-13(12)18)19-14-5-6-20-15-4-1-9(17)7-11(14)15/h1-4,7-8,14,19H,5-6H2. The normalized spacial score (nSPS) is 17.6. The number of nitrogens with one attached hydrogen (secondary N) is 1. The van der Waals surface area contributed by atoms with Crippen molar-refractivity contribution in [1.29, 1.82) is 0 Å². The van der Waals surface area contributed by atoms with Crippen LogP contribution in [-0.2, 0) is 0 Å². The quantitative estimate of drug-likeness (QED) is 0.638. The van der Waals surface area contributed by atoms with Gasteiger partial charge in [0.2, 0.25) is 0 Å². The van der Waals surface area contributed by atoms with Gasteiger partial charge in [0.25, 0.3) is 0 Å². The maximum Gasteiger partial charge on any atom is 0.0549 e. The summed E-state index contributed by atoms with van der Waals surface area (Å²) >= 11 is 17.5. The van der Waals surface area contributed by atoms with Gasteiger partial charge in [-0.05, 0) is 64.3 Å². The minimum Gasteiger partial charge on any atom is -0.378 e. The molecular formula is C15H12BrCl2NS. The molecule has 5 heteroatoms. The maximum atomic E-state index is 6.13. The number of thioether (sulfide) groups is 1. The molecule has 1 aliphatic heterocycles. The lowest BCUT2D eigenvalue weighted by atomic mass is 10.0. The Bertz CT molecular complexity index is 648. The van der Waals surface area contributed by atoms with Crippen molar-refractivity contribution in [2.24, 2.45) is 0 Å². The lowest BCUT2D eigenvalue weighted by molar-refractivity contribution is 0.728. The fourth-order valence-corrected chi connectivity index (χ4v) is 4.08. The number of fused-ring (bicyclic) bond motifs is 1. The molecule has 1 aliphatic rings. The Labute approximate surface area is 141 Å². The minimum atomic E-state index is 0.290. The molecule has 1 nitrogen and oxygen atoms in total. The van der Waals surface area contributed by atoms with E-state index in [1.807, 2.05) is 36.0 Å². The lowest BCUT2D eigenvalue weighted by Crippen LogP contribution is -2.16. The zero-order valence-electron chi connectivity index (χ0n) is 10.5. The maximum absolute atomic E-state index is 6.13. The Morgan fingerprint density at radius 1 is 1.15 bits per heavy atom. The summed E-state index contributed by atoms with van der Waals surface area (Å²) in [6.07, 6.45) is 1.08. The fourth-order valence-electron chi connectivity index (χ4n) is 2.30. The second-order valence-electron chi connectivity index (χ2n) is 4.65. The van der Waals surface area contributed by atoms with E-state index in [-0.39, 0.29) is 6.04 Å². The van der Waals surface area contributed by atoms with Crippen molar-refractivity contribution in [1.82, 2.24) is 0 Å². The summed E-state index contributed by atoms with van der Waals surface area (Å²) in [6, 6.07) is 12.3. The summed E-state index contributed by atoms with van der Waals surface area (Å²) in [5.41, 5.74) is 2.34. The van der Waals surface area contributed by atoms with E-state index in [2.05, 4.69) is 33.4 Å². The Balaban J connectivity index is 1.89. The molecule has 1 atom stereocenters. The summed E-state index contributed by atoms with van der Waals surface area (Å²) in [4.78, 5) is 1.31. The van der Waals surface area contributed by atoms with Gasteiger partial charge >= 0.3 is 0 Å². The van der Waals surface area contributed by atoms with Gasteiger partial charge in [-0.15, -0.1) is 11.8 Å². The number of hydrogen-bond acceptors (Lipinski definition) is 2. The highest BCUT2D eigenvalue weighted by Crippen LogP contribution is 2.39. The Kier molecular flexibility index (Phi) is 4.51. The number of rotatable bonds is 2. The molecule has 3 rings (SSSR count). The third kappa shape index (κ3) is 3.11. The highest BCUT2D eigenvalue weighted by molar-refractivity contribution is 9.10. The van der Waals surface area contributed by atoms with Gasteiger partial charge in [0.05, 0.1) is 11.1 Å². The predicted octanol–water partition coefficient (Wildman–Crippen LogP) is 6.40. The molecule has 0 fully saturated rings. The van der Waals surface area contributed by atoms with Crippen molar-refractivity contribution >= 4 is 56.6 Å². The van der Waals surface area contributed by atoms with E-state index in [9.17, 15) is 0 Å². The largest absolute Gasteiger partial charge is 0.378 e. The van der Waals surface area contributed by atoms with Gasteiger partial charge in [0.15, 0.2) is 0 Å². The zero-order chi connectivity index (χ0) is 14.1. The number of halogens is 3. The lowest BCUT2D eigenvalue weighted by Gasteiger charge is -2.27. The Morgan fingerprint density at radius 3 is 2.80 bits per heavy atom. The van der Waals surface area contributed by atoms with Crippen LogP contribution in [0.25, 0.3) is 0 Å². The first-order valence-electron chi connectivity index (χ1n) is 6.27. The molecule has 0 saturated heterocycles. The van der Waals surface area contributed by atoms with Crippen LogP contribution in [0.3, 0.4) is 0 Å². The molecule has 2 aromatic rings. The highest BCUT2D eigenvalue weighted by Gasteiger charge is 2.21. The smallest absolute Gasteiger partial charge is 0.0549 e. The van der Waals surface area contributed by atoms with Crippen LogP contribution in [0, 0.1) is 0 Å². The molecule has 0 saturated carbocycles. The first kappa shape index (κ1) is 14.6. The highest BCUT2D eigenvalue weighted by atomic mass is 79.9. The van der Waals surface area contributed by atoms with Crippen LogP contribution >= 0.6 is 50.9 Å². The van der Waals surface area contributed by atoms with Crippen molar-refractivity contribution in [3.05, 3.63) is 56.5 Å². The summed E-state index contributed by atoms with van der Waals surface area (Å²) in [7, 11) is 0. The molecule has 1 heterocycles. The first-order valence-corrected chi connectivity index (χ1v) is 8.81. The van der Waals surface area contributed by atoms with E-state index in [1.165, 1.54) is 10.5 Å². The second-order valence-corrected chi connectivity index (χ2v) is 7.48. The zero-order valence-corrected chi connectivity index (χ0v) is 14.4.